The minimum Gasteiger partial charge on any atom is -0.379 e. The Morgan fingerprint density at radius 2 is 1.86 bits per heavy atom. The highest BCUT2D eigenvalue weighted by molar-refractivity contribution is 7.99. The highest BCUT2D eigenvalue weighted by Crippen LogP contribution is 2.14. The highest BCUT2D eigenvalue weighted by Gasteiger charge is 2.22. The molecule has 0 saturated carbocycles. The maximum atomic E-state index is 6.18. The van der Waals surface area contributed by atoms with E-state index in [4.69, 9.17) is 15.5 Å². The van der Waals surface area contributed by atoms with E-state index in [0.29, 0.717) is 12.0 Å². The second kappa shape index (κ2) is 8.86. The molecule has 2 saturated heterocycles. The Morgan fingerprint density at radius 3 is 2.48 bits per heavy atom. The molecule has 2 aliphatic rings. The summed E-state index contributed by atoms with van der Waals surface area (Å²) in [6.45, 7) is 11.2. The van der Waals surface area contributed by atoms with Crippen LogP contribution in [0.3, 0.4) is 0 Å². The minimum atomic E-state index is 0.492. The van der Waals surface area contributed by atoms with Gasteiger partial charge in [0.05, 0.1) is 19.8 Å². The van der Waals surface area contributed by atoms with Crippen molar-refractivity contribution in [2.75, 3.05) is 57.4 Å². The van der Waals surface area contributed by atoms with E-state index in [-0.39, 0.29) is 0 Å². The molecule has 122 valence electrons. The number of morpholine rings is 1. The standard InChI is InChI=1S/C15H30N4OS/c1-13(2)11-14(18-3-7-20-8-4-18)12-17-15(16)19-5-9-21-10-6-19/h13-14H,3-12H2,1-2H3,(H2,16,17). The fraction of sp³-hybridized carbons (Fsp3) is 0.933. The largest absolute Gasteiger partial charge is 0.379 e. The van der Waals surface area contributed by atoms with Gasteiger partial charge in [-0.15, -0.1) is 0 Å². The van der Waals surface area contributed by atoms with Crippen molar-refractivity contribution in [3.8, 4) is 0 Å². The van der Waals surface area contributed by atoms with E-state index in [9.17, 15) is 0 Å². The normalized spacial score (nSPS) is 23.6. The lowest BCUT2D eigenvalue weighted by Gasteiger charge is -2.35. The summed E-state index contributed by atoms with van der Waals surface area (Å²) in [7, 11) is 0. The second-order valence-electron chi connectivity index (χ2n) is 6.23. The van der Waals surface area contributed by atoms with Crippen LogP contribution in [0.2, 0.25) is 0 Å². The van der Waals surface area contributed by atoms with E-state index < -0.39 is 0 Å². The van der Waals surface area contributed by atoms with Crippen LogP contribution in [0.4, 0.5) is 0 Å². The third-order valence-electron chi connectivity index (χ3n) is 4.10. The van der Waals surface area contributed by atoms with Gasteiger partial charge in [0, 0.05) is 43.7 Å². The Kier molecular flexibility index (Phi) is 7.13. The SMILES string of the molecule is CC(C)CC(CN=C(N)N1CCSCC1)N1CCOCC1. The number of hydrogen-bond acceptors (Lipinski definition) is 4. The number of nitrogens with two attached hydrogens (primary N) is 1. The van der Waals surface area contributed by atoms with Crippen molar-refractivity contribution >= 4 is 17.7 Å². The van der Waals surface area contributed by atoms with Crippen LogP contribution >= 0.6 is 11.8 Å². The monoisotopic (exact) mass is 314 g/mol. The van der Waals surface area contributed by atoms with E-state index in [1.807, 2.05) is 11.8 Å². The van der Waals surface area contributed by atoms with Crippen LogP contribution in [0.5, 0.6) is 0 Å². The lowest BCUT2D eigenvalue weighted by Crippen LogP contribution is -2.47. The van der Waals surface area contributed by atoms with Crippen LogP contribution in [-0.4, -0.2) is 79.2 Å². The Labute approximate surface area is 133 Å². The number of ether oxygens (including phenoxy) is 1. The molecular formula is C15H30N4OS. The van der Waals surface area contributed by atoms with Crippen molar-refractivity contribution < 1.29 is 4.74 Å². The third kappa shape index (κ3) is 5.68. The van der Waals surface area contributed by atoms with Crippen molar-refractivity contribution in [1.82, 2.24) is 9.80 Å². The molecule has 21 heavy (non-hydrogen) atoms. The molecule has 2 heterocycles. The van der Waals surface area contributed by atoms with Gasteiger partial charge in [0.1, 0.15) is 0 Å². The fourth-order valence-corrected chi connectivity index (χ4v) is 3.82. The molecule has 1 unspecified atom stereocenters. The zero-order valence-corrected chi connectivity index (χ0v) is 14.3. The van der Waals surface area contributed by atoms with E-state index in [2.05, 4.69) is 23.6 Å². The molecule has 0 aliphatic carbocycles. The predicted octanol–water partition coefficient (Wildman–Crippen LogP) is 1.10. The summed E-state index contributed by atoms with van der Waals surface area (Å²) in [6, 6.07) is 0.492. The van der Waals surface area contributed by atoms with E-state index in [1.54, 1.807) is 0 Å². The first kappa shape index (κ1) is 16.9. The van der Waals surface area contributed by atoms with Crippen LogP contribution in [0.25, 0.3) is 0 Å². The quantitative estimate of drug-likeness (QED) is 0.608. The maximum absolute atomic E-state index is 6.18. The highest BCUT2D eigenvalue weighted by atomic mass is 32.2. The van der Waals surface area contributed by atoms with Gasteiger partial charge in [-0.05, 0) is 12.3 Å². The van der Waals surface area contributed by atoms with E-state index in [0.717, 1.165) is 63.4 Å². The molecule has 0 aromatic heterocycles. The third-order valence-corrected chi connectivity index (χ3v) is 5.05. The van der Waals surface area contributed by atoms with Gasteiger partial charge in [0.15, 0.2) is 5.96 Å². The number of aliphatic imine (C=N–C) groups is 1. The van der Waals surface area contributed by atoms with Gasteiger partial charge in [0.25, 0.3) is 0 Å². The van der Waals surface area contributed by atoms with Gasteiger partial charge >= 0.3 is 0 Å². The average molecular weight is 314 g/mol. The summed E-state index contributed by atoms with van der Waals surface area (Å²) in [5.41, 5.74) is 6.18. The zero-order chi connectivity index (χ0) is 15.1. The Hall–Kier alpha value is -0.460. The first-order valence-electron chi connectivity index (χ1n) is 8.11. The summed E-state index contributed by atoms with van der Waals surface area (Å²) in [6.07, 6.45) is 1.17. The molecule has 2 rings (SSSR count). The minimum absolute atomic E-state index is 0.492. The Morgan fingerprint density at radius 1 is 1.19 bits per heavy atom. The zero-order valence-electron chi connectivity index (χ0n) is 13.5. The first-order chi connectivity index (χ1) is 10.2. The molecule has 2 fully saturated rings. The van der Waals surface area contributed by atoms with Crippen molar-refractivity contribution in [2.45, 2.75) is 26.3 Å². The molecule has 2 N–H and O–H groups in total. The number of rotatable bonds is 5. The molecule has 0 amide bonds. The van der Waals surface area contributed by atoms with Gasteiger partial charge in [-0.1, -0.05) is 13.8 Å². The molecule has 5 nitrogen and oxygen atoms in total. The van der Waals surface area contributed by atoms with Gasteiger partial charge < -0.3 is 15.4 Å². The molecule has 1 atom stereocenters. The maximum Gasteiger partial charge on any atom is 0.191 e. The van der Waals surface area contributed by atoms with Gasteiger partial charge in [-0.3, -0.25) is 9.89 Å². The summed E-state index contributed by atoms with van der Waals surface area (Å²) in [5.74, 6) is 3.74. The first-order valence-corrected chi connectivity index (χ1v) is 9.26. The lowest BCUT2D eigenvalue weighted by molar-refractivity contribution is 0.0142. The van der Waals surface area contributed by atoms with Crippen molar-refractivity contribution in [3.63, 3.8) is 0 Å². The summed E-state index contributed by atoms with van der Waals surface area (Å²) >= 11 is 2.00. The van der Waals surface area contributed by atoms with Gasteiger partial charge in [-0.2, -0.15) is 11.8 Å². The molecular weight excluding hydrogens is 284 g/mol. The number of guanidine groups is 1. The fourth-order valence-electron chi connectivity index (χ4n) is 2.92. The summed E-state index contributed by atoms with van der Waals surface area (Å²) in [5, 5.41) is 0. The molecule has 0 radical (unpaired) electrons. The smallest absolute Gasteiger partial charge is 0.191 e. The molecule has 0 aromatic carbocycles. The second-order valence-corrected chi connectivity index (χ2v) is 7.45. The lowest BCUT2D eigenvalue weighted by atomic mass is 10.0. The van der Waals surface area contributed by atoms with Crippen LogP contribution in [-0.2, 0) is 4.74 Å². The summed E-state index contributed by atoms with van der Waals surface area (Å²) in [4.78, 5) is 9.45. The predicted molar refractivity (Wildman–Crippen MR) is 91.0 cm³/mol. The van der Waals surface area contributed by atoms with Crippen molar-refractivity contribution in [2.24, 2.45) is 16.6 Å². The molecule has 2 aliphatic heterocycles. The number of hydrogen-bond donors (Lipinski definition) is 1. The summed E-state index contributed by atoms with van der Waals surface area (Å²) < 4.78 is 5.46. The van der Waals surface area contributed by atoms with Crippen LogP contribution < -0.4 is 5.73 Å². The average Bonchev–Trinajstić information content (AvgIpc) is 2.52. The van der Waals surface area contributed by atoms with Gasteiger partial charge in [0.2, 0.25) is 0 Å². The molecule has 0 bridgehead atoms. The number of thioether (sulfide) groups is 1. The molecule has 0 aromatic rings. The topological polar surface area (TPSA) is 54.1 Å². The van der Waals surface area contributed by atoms with Crippen LogP contribution in [0.15, 0.2) is 4.99 Å². The molecule has 6 heteroatoms. The van der Waals surface area contributed by atoms with Crippen LogP contribution in [0.1, 0.15) is 20.3 Å². The number of nitrogens with zero attached hydrogens (tertiary/aromatic N) is 3. The van der Waals surface area contributed by atoms with E-state index >= 15 is 0 Å². The van der Waals surface area contributed by atoms with Crippen molar-refractivity contribution in [1.29, 1.82) is 0 Å². The molecule has 0 spiro atoms. The van der Waals surface area contributed by atoms with Gasteiger partial charge in [-0.25, -0.2) is 0 Å². The van der Waals surface area contributed by atoms with Crippen molar-refractivity contribution in [3.05, 3.63) is 0 Å². The van der Waals surface area contributed by atoms with Crippen LogP contribution in [0, 0.1) is 5.92 Å². The van der Waals surface area contributed by atoms with E-state index in [1.165, 1.54) is 6.42 Å². The Bertz CT molecular complexity index is 326. The Balaban J connectivity index is 1.90.